The molecule has 1 aliphatic heterocycles. The normalized spacial score (nSPS) is 16.5. The molecule has 134 valence electrons. The van der Waals surface area contributed by atoms with Gasteiger partial charge in [-0.3, -0.25) is 14.8 Å². The quantitative estimate of drug-likeness (QED) is 0.687. The molecule has 3 heterocycles. The number of rotatable bonds is 5. The molecule has 1 aromatic carbocycles. The molecule has 4 nitrogen and oxygen atoms in total. The summed E-state index contributed by atoms with van der Waals surface area (Å²) >= 11 is 1.82. The molecule has 0 bridgehead atoms. The van der Waals surface area contributed by atoms with E-state index in [0.717, 1.165) is 44.3 Å². The zero-order valence-corrected chi connectivity index (χ0v) is 15.7. The lowest BCUT2D eigenvalue weighted by atomic mass is 10.2. The minimum atomic E-state index is 1.01. The molecule has 0 N–H and O–H groups in total. The summed E-state index contributed by atoms with van der Waals surface area (Å²) in [6.45, 7) is 6.58. The van der Waals surface area contributed by atoms with Gasteiger partial charge < -0.3 is 0 Å². The lowest BCUT2D eigenvalue weighted by molar-refractivity contribution is 0.248. The van der Waals surface area contributed by atoms with Crippen molar-refractivity contribution in [3.05, 3.63) is 71.5 Å². The average molecular weight is 365 g/mol. The van der Waals surface area contributed by atoms with Gasteiger partial charge in [0.05, 0.1) is 0 Å². The van der Waals surface area contributed by atoms with Gasteiger partial charge in [-0.2, -0.15) is 0 Å². The summed E-state index contributed by atoms with van der Waals surface area (Å²) in [5, 5.41) is 1.12. The van der Waals surface area contributed by atoms with Crippen molar-refractivity contribution in [3.8, 4) is 10.6 Å². The molecule has 0 spiro atoms. The van der Waals surface area contributed by atoms with Crippen molar-refractivity contribution in [2.45, 2.75) is 19.5 Å². The molecule has 1 aliphatic rings. The molecule has 1 saturated heterocycles. The number of hydrogen-bond donors (Lipinski definition) is 0. The molecule has 5 heteroatoms. The molecular formula is C21H24N4S. The Kier molecular flexibility index (Phi) is 5.69. The van der Waals surface area contributed by atoms with E-state index >= 15 is 0 Å². The predicted molar refractivity (Wildman–Crippen MR) is 107 cm³/mol. The van der Waals surface area contributed by atoms with Gasteiger partial charge in [0, 0.05) is 55.2 Å². The van der Waals surface area contributed by atoms with Gasteiger partial charge in [0.2, 0.25) is 0 Å². The highest BCUT2D eigenvalue weighted by Crippen LogP contribution is 2.26. The molecule has 0 unspecified atom stereocenters. The van der Waals surface area contributed by atoms with Gasteiger partial charge in [0.25, 0.3) is 0 Å². The molecular weight excluding hydrogens is 340 g/mol. The Morgan fingerprint density at radius 2 is 1.58 bits per heavy atom. The Hall–Kier alpha value is -2.08. The number of pyridine rings is 1. The van der Waals surface area contributed by atoms with Gasteiger partial charge in [0.15, 0.2) is 0 Å². The van der Waals surface area contributed by atoms with E-state index in [2.05, 4.69) is 56.2 Å². The second kappa shape index (κ2) is 8.54. The van der Waals surface area contributed by atoms with Gasteiger partial charge in [-0.05, 0) is 37.2 Å². The lowest BCUT2D eigenvalue weighted by Gasteiger charge is -2.21. The highest BCUT2D eigenvalue weighted by Gasteiger charge is 2.16. The number of benzene rings is 1. The largest absolute Gasteiger partial charge is 0.298 e. The molecule has 4 rings (SSSR count). The van der Waals surface area contributed by atoms with Crippen molar-refractivity contribution >= 4 is 11.3 Å². The maximum atomic E-state index is 4.62. The topological polar surface area (TPSA) is 32.3 Å². The van der Waals surface area contributed by atoms with Crippen LogP contribution in [0.1, 0.15) is 16.9 Å². The first-order valence-electron chi connectivity index (χ1n) is 9.20. The summed E-state index contributed by atoms with van der Waals surface area (Å²) < 4.78 is 0. The van der Waals surface area contributed by atoms with Crippen LogP contribution in [0.4, 0.5) is 0 Å². The zero-order chi connectivity index (χ0) is 17.6. The van der Waals surface area contributed by atoms with Gasteiger partial charge in [-0.25, -0.2) is 4.98 Å². The summed E-state index contributed by atoms with van der Waals surface area (Å²) in [4.78, 5) is 15.2. The summed E-state index contributed by atoms with van der Waals surface area (Å²) in [6, 6.07) is 14.7. The third-order valence-corrected chi connectivity index (χ3v) is 5.82. The maximum absolute atomic E-state index is 4.62. The molecule has 2 aromatic heterocycles. The van der Waals surface area contributed by atoms with E-state index in [1.54, 1.807) is 0 Å². The molecule has 0 saturated carbocycles. The molecule has 0 aliphatic carbocycles. The number of nitrogens with zero attached hydrogens (tertiary/aromatic N) is 4. The van der Waals surface area contributed by atoms with Crippen LogP contribution in [-0.4, -0.2) is 45.9 Å². The van der Waals surface area contributed by atoms with Crippen LogP contribution in [0.25, 0.3) is 10.6 Å². The van der Waals surface area contributed by atoms with E-state index in [1.165, 1.54) is 22.4 Å². The predicted octanol–water partition coefficient (Wildman–Crippen LogP) is 3.91. The second-order valence-electron chi connectivity index (χ2n) is 6.76. The van der Waals surface area contributed by atoms with Gasteiger partial charge in [-0.15, -0.1) is 11.3 Å². The van der Waals surface area contributed by atoms with E-state index in [1.807, 2.05) is 36.0 Å². The van der Waals surface area contributed by atoms with Crippen LogP contribution in [0.5, 0.6) is 0 Å². The van der Waals surface area contributed by atoms with E-state index in [9.17, 15) is 0 Å². The Balaban J connectivity index is 1.33. The molecule has 0 atom stereocenters. The molecule has 3 aromatic rings. The molecule has 0 radical (unpaired) electrons. The van der Waals surface area contributed by atoms with Crippen LogP contribution < -0.4 is 0 Å². The number of thiazole rings is 1. The van der Waals surface area contributed by atoms with Crippen molar-refractivity contribution in [1.29, 1.82) is 0 Å². The van der Waals surface area contributed by atoms with Crippen LogP contribution in [0.3, 0.4) is 0 Å². The van der Waals surface area contributed by atoms with E-state index in [0.29, 0.717) is 0 Å². The standard InChI is InChI=1S/C21H24N4S/c1-2-5-19(6-3-1)21-23-15-20(26-21)17-25-12-4-11-24(13-14-25)16-18-7-9-22-10-8-18/h1-3,5-10,15H,4,11-14,16-17H2. The van der Waals surface area contributed by atoms with Crippen LogP contribution in [-0.2, 0) is 13.1 Å². The van der Waals surface area contributed by atoms with E-state index < -0.39 is 0 Å². The second-order valence-corrected chi connectivity index (χ2v) is 7.87. The Morgan fingerprint density at radius 3 is 2.35 bits per heavy atom. The monoisotopic (exact) mass is 364 g/mol. The highest BCUT2D eigenvalue weighted by atomic mass is 32.1. The molecule has 1 fully saturated rings. The summed E-state index contributed by atoms with van der Waals surface area (Å²) in [7, 11) is 0. The zero-order valence-electron chi connectivity index (χ0n) is 14.9. The van der Waals surface area contributed by atoms with Crippen LogP contribution in [0, 0.1) is 0 Å². The van der Waals surface area contributed by atoms with Crippen LogP contribution in [0.2, 0.25) is 0 Å². The Morgan fingerprint density at radius 1 is 0.846 bits per heavy atom. The van der Waals surface area contributed by atoms with Gasteiger partial charge in [-0.1, -0.05) is 30.3 Å². The van der Waals surface area contributed by atoms with Crippen molar-refractivity contribution in [2.24, 2.45) is 0 Å². The summed E-state index contributed by atoms with van der Waals surface area (Å²) in [5.74, 6) is 0. The Bertz CT molecular complexity index is 803. The third kappa shape index (κ3) is 4.55. The fraction of sp³-hybridized carbons (Fsp3) is 0.333. The van der Waals surface area contributed by atoms with E-state index in [4.69, 9.17) is 0 Å². The van der Waals surface area contributed by atoms with E-state index in [-0.39, 0.29) is 0 Å². The number of hydrogen-bond acceptors (Lipinski definition) is 5. The first-order chi connectivity index (χ1) is 12.9. The molecule has 26 heavy (non-hydrogen) atoms. The minimum absolute atomic E-state index is 1.01. The van der Waals surface area contributed by atoms with Crippen molar-refractivity contribution in [2.75, 3.05) is 26.2 Å². The highest BCUT2D eigenvalue weighted by molar-refractivity contribution is 7.15. The van der Waals surface area contributed by atoms with Crippen molar-refractivity contribution in [3.63, 3.8) is 0 Å². The SMILES string of the molecule is c1ccc(-c2ncc(CN3CCCN(Cc4ccncc4)CC3)s2)cc1. The fourth-order valence-corrected chi connectivity index (χ4v) is 4.36. The van der Waals surface area contributed by atoms with Crippen molar-refractivity contribution in [1.82, 2.24) is 19.8 Å². The minimum Gasteiger partial charge on any atom is -0.298 e. The average Bonchev–Trinajstić information content (AvgIpc) is 3.05. The summed E-state index contributed by atoms with van der Waals surface area (Å²) in [6.07, 6.45) is 7.03. The Labute approximate surface area is 159 Å². The van der Waals surface area contributed by atoms with Crippen LogP contribution >= 0.6 is 11.3 Å². The first kappa shape index (κ1) is 17.3. The lowest BCUT2D eigenvalue weighted by Crippen LogP contribution is -2.30. The van der Waals surface area contributed by atoms with Crippen LogP contribution in [0.15, 0.2) is 61.1 Å². The summed E-state index contributed by atoms with van der Waals surface area (Å²) in [5.41, 5.74) is 2.56. The molecule has 0 amide bonds. The van der Waals surface area contributed by atoms with Gasteiger partial charge >= 0.3 is 0 Å². The maximum Gasteiger partial charge on any atom is 0.123 e. The third-order valence-electron chi connectivity index (χ3n) is 4.79. The number of aromatic nitrogens is 2. The van der Waals surface area contributed by atoms with Crippen molar-refractivity contribution < 1.29 is 0 Å². The van der Waals surface area contributed by atoms with Gasteiger partial charge in [0.1, 0.15) is 5.01 Å². The fourth-order valence-electron chi connectivity index (χ4n) is 3.40. The first-order valence-corrected chi connectivity index (χ1v) is 10.0. The smallest absolute Gasteiger partial charge is 0.123 e.